The molecule has 1 aliphatic rings. The van der Waals surface area contributed by atoms with E-state index in [2.05, 4.69) is 10.3 Å². The van der Waals surface area contributed by atoms with Crippen molar-refractivity contribution < 1.29 is 32.7 Å². The molecule has 2 N–H and O–H groups in total. The lowest BCUT2D eigenvalue weighted by Gasteiger charge is -2.25. The monoisotopic (exact) mass is 601 g/mol. The second kappa shape index (κ2) is 12.7. The summed E-state index contributed by atoms with van der Waals surface area (Å²) in [5, 5.41) is 12.4. The molecule has 3 aromatic carbocycles. The van der Waals surface area contributed by atoms with Gasteiger partial charge in [0, 0.05) is 29.4 Å². The van der Waals surface area contributed by atoms with E-state index in [1.54, 1.807) is 29.0 Å². The summed E-state index contributed by atoms with van der Waals surface area (Å²) < 4.78 is 40.8. The van der Waals surface area contributed by atoms with Crippen LogP contribution >= 0.6 is 0 Å². The number of halogens is 3. The van der Waals surface area contributed by atoms with Gasteiger partial charge in [0.1, 0.15) is 5.54 Å². The zero-order valence-corrected chi connectivity index (χ0v) is 23.7. The van der Waals surface area contributed by atoms with Crippen LogP contribution in [0.25, 0.3) is 17.3 Å². The first kappa shape index (κ1) is 30.5. The number of hydrogen-bond donors (Lipinski definition) is 2. The van der Waals surface area contributed by atoms with E-state index in [0.717, 1.165) is 48.2 Å². The maximum Gasteiger partial charge on any atom is 0.416 e. The van der Waals surface area contributed by atoms with E-state index in [0.29, 0.717) is 37.1 Å². The van der Waals surface area contributed by atoms with Gasteiger partial charge < -0.3 is 15.0 Å². The molecule has 1 saturated carbocycles. The molecule has 1 amide bonds. The van der Waals surface area contributed by atoms with Crippen LogP contribution < -0.4 is 5.32 Å². The number of aryl methyl sites for hydroxylation is 1. The van der Waals surface area contributed by atoms with Crippen molar-refractivity contribution in [3.05, 3.63) is 119 Å². The number of ketones is 1. The van der Waals surface area contributed by atoms with Crippen molar-refractivity contribution in [3.63, 3.8) is 0 Å². The van der Waals surface area contributed by atoms with Gasteiger partial charge in [-0.2, -0.15) is 13.2 Å². The van der Waals surface area contributed by atoms with Gasteiger partial charge in [0.15, 0.2) is 5.82 Å². The van der Waals surface area contributed by atoms with Crippen molar-refractivity contribution >= 4 is 23.7 Å². The third kappa shape index (κ3) is 6.80. The molecule has 0 radical (unpaired) electrons. The summed E-state index contributed by atoms with van der Waals surface area (Å²) in [4.78, 5) is 42.6. The van der Waals surface area contributed by atoms with E-state index in [9.17, 15) is 32.7 Å². The summed E-state index contributed by atoms with van der Waals surface area (Å²) in [7, 11) is 0. The molecule has 0 spiro atoms. The number of aromatic nitrogens is 2. The first-order chi connectivity index (χ1) is 21.1. The minimum absolute atomic E-state index is 0.0948. The minimum atomic E-state index is -4.51. The minimum Gasteiger partial charge on any atom is -0.480 e. The molecule has 1 aromatic heterocycles. The third-order valence-electron chi connectivity index (χ3n) is 7.74. The van der Waals surface area contributed by atoms with Crippen LogP contribution in [0.3, 0.4) is 0 Å². The number of benzene rings is 3. The van der Waals surface area contributed by atoms with Crippen molar-refractivity contribution in [3.8, 4) is 11.3 Å². The highest BCUT2D eigenvalue weighted by Crippen LogP contribution is 2.31. The van der Waals surface area contributed by atoms with Crippen LogP contribution in [0.1, 0.15) is 69.8 Å². The van der Waals surface area contributed by atoms with Crippen molar-refractivity contribution in [1.29, 1.82) is 0 Å². The first-order valence-electron chi connectivity index (χ1n) is 14.2. The van der Waals surface area contributed by atoms with Crippen LogP contribution in [0, 0.1) is 0 Å². The number of carbonyl (C=O) groups is 3. The predicted octanol–water partition coefficient (Wildman–Crippen LogP) is 7.03. The fourth-order valence-electron chi connectivity index (χ4n) is 5.33. The van der Waals surface area contributed by atoms with Gasteiger partial charge in [-0.25, -0.2) is 9.78 Å². The number of rotatable bonds is 10. The number of imidazole rings is 1. The number of hydrogen-bond acceptors (Lipinski definition) is 4. The SMILES string of the molecule is O=C(NC1(C(=O)O)CCCC1)c1cccc(/C=C/CCn2cc(-c3ccccc3)nc2C(=O)c2ccc(C(F)(F)F)cc2)c1. The molecule has 1 heterocycles. The van der Waals surface area contributed by atoms with Crippen molar-refractivity contribution in [2.24, 2.45) is 0 Å². The lowest BCUT2D eigenvalue weighted by atomic mass is 9.97. The molecule has 0 aliphatic heterocycles. The topological polar surface area (TPSA) is 101 Å². The number of alkyl halides is 3. The Morgan fingerprint density at radius 2 is 1.64 bits per heavy atom. The molecule has 0 saturated heterocycles. The summed E-state index contributed by atoms with van der Waals surface area (Å²) in [6.07, 6.45) is 3.71. The summed E-state index contributed by atoms with van der Waals surface area (Å²) in [6.45, 7) is 0.360. The van der Waals surface area contributed by atoms with Crippen molar-refractivity contribution in [2.45, 2.75) is 50.4 Å². The molecule has 44 heavy (non-hydrogen) atoms. The Balaban J connectivity index is 1.31. The third-order valence-corrected chi connectivity index (χ3v) is 7.74. The van der Waals surface area contributed by atoms with Gasteiger partial charge in [0.25, 0.3) is 5.91 Å². The quantitative estimate of drug-likeness (QED) is 0.190. The number of aliphatic carboxylic acids is 1. The van der Waals surface area contributed by atoms with Crippen LogP contribution in [0.5, 0.6) is 0 Å². The highest BCUT2D eigenvalue weighted by molar-refractivity contribution is 6.07. The number of nitrogens with one attached hydrogen (secondary N) is 1. The van der Waals surface area contributed by atoms with Crippen LogP contribution in [-0.2, 0) is 17.5 Å². The van der Waals surface area contributed by atoms with Gasteiger partial charge in [-0.05, 0) is 49.1 Å². The number of amides is 1. The summed E-state index contributed by atoms with van der Waals surface area (Å²) in [5.41, 5.74) is 0.468. The molecule has 0 bridgehead atoms. The first-order valence-corrected chi connectivity index (χ1v) is 14.2. The molecule has 7 nitrogen and oxygen atoms in total. The Hall–Kier alpha value is -4.99. The van der Waals surface area contributed by atoms with Gasteiger partial charge in [0.05, 0.1) is 11.3 Å². The number of carbonyl (C=O) groups excluding carboxylic acids is 2. The second-order valence-electron chi connectivity index (χ2n) is 10.8. The van der Waals surface area contributed by atoms with Crippen LogP contribution in [0.4, 0.5) is 13.2 Å². The molecular weight excluding hydrogens is 571 g/mol. The highest BCUT2D eigenvalue weighted by atomic mass is 19.4. The molecule has 10 heteroatoms. The molecular formula is C34H30F3N3O4. The van der Waals surface area contributed by atoms with Gasteiger partial charge in [-0.15, -0.1) is 0 Å². The molecule has 4 aromatic rings. The maximum atomic E-state index is 13.4. The Morgan fingerprint density at radius 1 is 0.932 bits per heavy atom. The zero-order chi connectivity index (χ0) is 31.3. The van der Waals surface area contributed by atoms with E-state index in [4.69, 9.17) is 0 Å². The number of carboxylic acid groups (broad SMARTS) is 1. The summed E-state index contributed by atoms with van der Waals surface area (Å²) >= 11 is 0. The fourth-order valence-corrected chi connectivity index (χ4v) is 5.33. The number of nitrogens with zero attached hydrogens (tertiary/aromatic N) is 2. The van der Waals surface area contributed by atoms with E-state index in [1.807, 2.05) is 48.6 Å². The molecule has 5 rings (SSSR count). The van der Waals surface area contributed by atoms with E-state index < -0.39 is 34.9 Å². The predicted molar refractivity (Wildman–Crippen MR) is 159 cm³/mol. The normalized spacial score (nSPS) is 14.5. The van der Waals surface area contributed by atoms with E-state index >= 15 is 0 Å². The lowest BCUT2D eigenvalue weighted by Crippen LogP contribution is -2.52. The largest absolute Gasteiger partial charge is 0.480 e. The Labute approximate surface area is 252 Å². The van der Waals surface area contributed by atoms with Crippen LogP contribution in [-0.4, -0.2) is 37.9 Å². The second-order valence-corrected chi connectivity index (χ2v) is 10.8. The van der Waals surface area contributed by atoms with Crippen LogP contribution in [0.2, 0.25) is 0 Å². The van der Waals surface area contributed by atoms with E-state index in [1.165, 1.54) is 0 Å². The van der Waals surface area contributed by atoms with Crippen molar-refractivity contribution in [2.75, 3.05) is 0 Å². The molecule has 0 unspecified atom stereocenters. The highest BCUT2D eigenvalue weighted by Gasteiger charge is 2.42. The van der Waals surface area contributed by atoms with Gasteiger partial charge in [0.2, 0.25) is 5.78 Å². The van der Waals surface area contributed by atoms with Crippen LogP contribution in [0.15, 0.2) is 91.1 Å². The molecule has 1 aliphatic carbocycles. The van der Waals surface area contributed by atoms with Crippen molar-refractivity contribution in [1.82, 2.24) is 14.9 Å². The lowest BCUT2D eigenvalue weighted by molar-refractivity contribution is -0.144. The van der Waals surface area contributed by atoms with Gasteiger partial charge >= 0.3 is 12.1 Å². The Morgan fingerprint density at radius 3 is 2.30 bits per heavy atom. The molecule has 226 valence electrons. The summed E-state index contributed by atoms with van der Waals surface area (Å²) in [5.74, 6) is -1.85. The number of carboxylic acids is 1. The standard InChI is InChI=1S/C34H30F3N3O4/c35-34(36,37)27-16-14-25(15-17-27)29(41)30-38-28(24-11-2-1-3-12-24)22-40(30)20-7-4-9-23-10-8-13-26(21-23)31(42)39-33(32(43)44)18-5-6-19-33/h1-4,8-17,21-22H,5-7,18-20H2,(H,39,42)(H,43,44)/b9-4+. The zero-order valence-electron chi connectivity index (χ0n) is 23.7. The summed E-state index contributed by atoms with van der Waals surface area (Å²) in [6, 6.07) is 20.2. The maximum absolute atomic E-state index is 13.4. The smallest absolute Gasteiger partial charge is 0.416 e. The number of allylic oxidation sites excluding steroid dienone is 1. The molecule has 0 atom stereocenters. The Kier molecular flexibility index (Phi) is 8.80. The average molecular weight is 602 g/mol. The van der Waals surface area contributed by atoms with Gasteiger partial charge in [-0.3, -0.25) is 9.59 Å². The Bertz CT molecular complexity index is 1690. The van der Waals surface area contributed by atoms with Gasteiger partial charge in [-0.1, -0.05) is 79.6 Å². The average Bonchev–Trinajstić information content (AvgIpc) is 3.68. The molecule has 1 fully saturated rings. The fraction of sp³-hybridized carbons (Fsp3) is 0.235. The van der Waals surface area contributed by atoms with E-state index in [-0.39, 0.29) is 11.4 Å².